The Bertz CT molecular complexity index is 596. The molecule has 0 bridgehead atoms. The van der Waals surface area contributed by atoms with Gasteiger partial charge in [-0.25, -0.2) is 9.37 Å². The second kappa shape index (κ2) is 6.22. The van der Waals surface area contributed by atoms with E-state index in [1.807, 2.05) is 13.1 Å². The van der Waals surface area contributed by atoms with E-state index in [2.05, 4.69) is 24.1 Å². The summed E-state index contributed by atoms with van der Waals surface area (Å²) in [6.45, 7) is 4.33. The number of halogens is 1. The van der Waals surface area contributed by atoms with E-state index >= 15 is 0 Å². The Balaban J connectivity index is 2.45. The molecule has 1 aromatic carbocycles. The average molecular weight is 294 g/mol. The summed E-state index contributed by atoms with van der Waals surface area (Å²) in [5.74, 6) is 0.421. The van der Waals surface area contributed by atoms with Gasteiger partial charge in [0.2, 0.25) is 0 Å². The second-order valence-corrected chi connectivity index (χ2v) is 6.07. The summed E-state index contributed by atoms with van der Waals surface area (Å²) < 4.78 is 18.8. The minimum absolute atomic E-state index is 0.253. The molecule has 20 heavy (non-hydrogen) atoms. The zero-order chi connectivity index (χ0) is 14.7. The first kappa shape index (κ1) is 14.8. The molecule has 0 saturated heterocycles. The lowest BCUT2D eigenvalue weighted by Gasteiger charge is -2.07. The maximum Gasteiger partial charge on any atom is 0.183 e. The predicted molar refractivity (Wildman–Crippen MR) is 82.1 cm³/mol. The van der Waals surface area contributed by atoms with Crippen molar-refractivity contribution >= 4 is 16.5 Å². The van der Waals surface area contributed by atoms with E-state index in [1.165, 1.54) is 18.1 Å². The van der Waals surface area contributed by atoms with Gasteiger partial charge in [0.05, 0.1) is 12.8 Å². The fraction of sp³-hybridized carbons (Fsp3) is 0.400. The fourth-order valence-electron chi connectivity index (χ4n) is 2.01. The Labute approximate surface area is 122 Å². The molecule has 0 aliphatic carbocycles. The summed E-state index contributed by atoms with van der Waals surface area (Å²) in [5.41, 5.74) is 1.64. The number of methoxy groups -OCH3 is 1. The Hall–Kier alpha value is -1.62. The van der Waals surface area contributed by atoms with E-state index < -0.39 is 0 Å². The van der Waals surface area contributed by atoms with Crippen molar-refractivity contribution in [2.24, 2.45) is 5.92 Å². The van der Waals surface area contributed by atoms with Crippen molar-refractivity contribution in [1.29, 1.82) is 0 Å². The van der Waals surface area contributed by atoms with Gasteiger partial charge in [0.25, 0.3) is 0 Å². The van der Waals surface area contributed by atoms with Crippen molar-refractivity contribution in [3.8, 4) is 17.0 Å². The highest BCUT2D eigenvalue weighted by molar-refractivity contribution is 7.16. The number of aromatic nitrogens is 1. The van der Waals surface area contributed by atoms with Crippen molar-refractivity contribution in [2.45, 2.75) is 20.3 Å². The van der Waals surface area contributed by atoms with E-state index in [4.69, 9.17) is 4.74 Å². The standard InChI is InChI=1S/C15H19FN2OS/c1-9(2)7-13-14(18-15(17-3)20-13)10-5-6-12(19-4)11(16)8-10/h5-6,8-9H,7H2,1-4H3,(H,17,18). The molecule has 1 N–H and O–H groups in total. The summed E-state index contributed by atoms with van der Waals surface area (Å²) in [4.78, 5) is 5.72. The average Bonchev–Trinajstić information content (AvgIpc) is 2.81. The maximum absolute atomic E-state index is 13.9. The van der Waals surface area contributed by atoms with E-state index in [-0.39, 0.29) is 11.6 Å². The summed E-state index contributed by atoms with van der Waals surface area (Å²) in [7, 11) is 3.31. The molecule has 1 aromatic heterocycles. The zero-order valence-corrected chi connectivity index (χ0v) is 13.0. The third kappa shape index (κ3) is 3.10. The van der Waals surface area contributed by atoms with Crippen LogP contribution in [0.2, 0.25) is 0 Å². The topological polar surface area (TPSA) is 34.2 Å². The normalized spacial score (nSPS) is 10.9. The van der Waals surface area contributed by atoms with E-state index in [9.17, 15) is 4.39 Å². The van der Waals surface area contributed by atoms with Crippen LogP contribution in [0.3, 0.4) is 0 Å². The first-order chi connectivity index (χ1) is 9.55. The number of rotatable bonds is 5. The molecule has 3 nitrogen and oxygen atoms in total. The van der Waals surface area contributed by atoms with Crippen molar-refractivity contribution in [2.75, 3.05) is 19.5 Å². The van der Waals surface area contributed by atoms with Crippen LogP contribution in [0.1, 0.15) is 18.7 Å². The van der Waals surface area contributed by atoms with Gasteiger partial charge in [-0.3, -0.25) is 0 Å². The molecule has 1 heterocycles. The van der Waals surface area contributed by atoms with Gasteiger partial charge in [-0.05, 0) is 30.5 Å². The summed E-state index contributed by atoms with van der Waals surface area (Å²) >= 11 is 1.62. The number of hydrogen-bond acceptors (Lipinski definition) is 4. The molecular formula is C15H19FN2OS. The minimum Gasteiger partial charge on any atom is -0.494 e. The molecule has 0 aliphatic rings. The number of nitrogens with zero attached hydrogens (tertiary/aromatic N) is 1. The van der Waals surface area contributed by atoms with Gasteiger partial charge in [0.15, 0.2) is 16.7 Å². The summed E-state index contributed by atoms with van der Waals surface area (Å²) in [6.07, 6.45) is 0.933. The number of hydrogen-bond donors (Lipinski definition) is 1. The molecule has 0 fully saturated rings. The molecule has 0 unspecified atom stereocenters. The maximum atomic E-state index is 13.9. The van der Waals surface area contributed by atoms with Gasteiger partial charge in [-0.2, -0.15) is 0 Å². The molecule has 0 amide bonds. The highest BCUT2D eigenvalue weighted by atomic mass is 32.1. The lowest BCUT2D eigenvalue weighted by Crippen LogP contribution is -1.95. The third-order valence-corrected chi connectivity index (χ3v) is 4.03. The first-order valence-corrected chi connectivity index (χ1v) is 7.38. The number of ether oxygens (including phenoxy) is 1. The molecule has 2 aromatic rings. The summed E-state index contributed by atoms with van der Waals surface area (Å²) in [6, 6.07) is 4.97. The number of benzene rings is 1. The molecule has 0 radical (unpaired) electrons. The van der Waals surface area contributed by atoms with Gasteiger partial charge >= 0.3 is 0 Å². The van der Waals surface area contributed by atoms with Gasteiger partial charge in [0.1, 0.15) is 0 Å². The van der Waals surface area contributed by atoms with Crippen LogP contribution in [0.15, 0.2) is 18.2 Å². The van der Waals surface area contributed by atoms with Crippen molar-refractivity contribution in [3.63, 3.8) is 0 Å². The molecule has 0 saturated carbocycles. The number of anilines is 1. The van der Waals surface area contributed by atoms with Crippen LogP contribution in [0, 0.1) is 11.7 Å². The molecule has 2 rings (SSSR count). The van der Waals surface area contributed by atoms with E-state index in [0.717, 1.165) is 22.8 Å². The number of nitrogens with one attached hydrogen (secondary N) is 1. The van der Waals surface area contributed by atoms with Gasteiger partial charge in [0, 0.05) is 17.5 Å². The first-order valence-electron chi connectivity index (χ1n) is 6.56. The van der Waals surface area contributed by atoms with Gasteiger partial charge < -0.3 is 10.1 Å². The van der Waals surface area contributed by atoms with Crippen LogP contribution < -0.4 is 10.1 Å². The Kier molecular flexibility index (Phi) is 4.60. The fourth-order valence-corrected chi connectivity index (χ4v) is 3.16. The van der Waals surface area contributed by atoms with Gasteiger partial charge in [-0.1, -0.05) is 13.8 Å². The van der Waals surface area contributed by atoms with E-state index in [1.54, 1.807) is 17.4 Å². The quantitative estimate of drug-likeness (QED) is 0.897. The third-order valence-electron chi connectivity index (χ3n) is 2.93. The lowest BCUT2D eigenvalue weighted by molar-refractivity contribution is 0.386. The highest BCUT2D eigenvalue weighted by Gasteiger charge is 2.15. The van der Waals surface area contributed by atoms with E-state index in [0.29, 0.717) is 5.92 Å². The smallest absolute Gasteiger partial charge is 0.183 e. The minimum atomic E-state index is -0.362. The van der Waals surface area contributed by atoms with Crippen LogP contribution in [0.25, 0.3) is 11.3 Å². The van der Waals surface area contributed by atoms with Crippen LogP contribution in [-0.4, -0.2) is 19.1 Å². The zero-order valence-electron chi connectivity index (χ0n) is 12.2. The largest absolute Gasteiger partial charge is 0.494 e. The Morgan fingerprint density at radius 2 is 2.15 bits per heavy atom. The van der Waals surface area contributed by atoms with Crippen LogP contribution >= 0.6 is 11.3 Å². The second-order valence-electron chi connectivity index (χ2n) is 4.99. The predicted octanol–water partition coefficient (Wildman–Crippen LogP) is 4.20. The Morgan fingerprint density at radius 3 is 2.70 bits per heavy atom. The highest BCUT2D eigenvalue weighted by Crippen LogP contribution is 2.34. The molecular weight excluding hydrogens is 275 g/mol. The molecule has 108 valence electrons. The van der Waals surface area contributed by atoms with Crippen LogP contribution in [0.4, 0.5) is 9.52 Å². The Morgan fingerprint density at radius 1 is 1.40 bits per heavy atom. The molecule has 0 aliphatic heterocycles. The molecule has 0 atom stereocenters. The summed E-state index contributed by atoms with van der Waals surface area (Å²) in [5, 5.41) is 3.91. The number of thiazole rings is 1. The monoisotopic (exact) mass is 294 g/mol. The molecule has 5 heteroatoms. The van der Waals surface area contributed by atoms with Crippen LogP contribution in [0.5, 0.6) is 5.75 Å². The van der Waals surface area contributed by atoms with Crippen LogP contribution in [-0.2, 0) is 6.42 Å². The van der Waals surface area contributed by atoms with Crippen molar-refractivity contribution < 1.29 is 9.13 Å². The van der Waals surface area contributed by atoms with Crippen molar-refractivity contribution in [1.82, 2.24) is 4.98 Å². The SMILES string of the molecule is CNc1nc(-c2ccc(OC)c(F)c2)c(CC(C)C)s1. The van der Waals surface area contributed by atoms with Gasteiger partial charge in [-0.15, -0.1) is 11.3 Å². The lowest BCUT2D eigenvalue weighted by atomic mass is 10.0. The van der Waals surface area contributed by atoms with Crippen molar-refractivity contribution in [3.05, 3.63) is 28.9 Å². The molecule has 0 spiro atoms.